The minimum absolute atomic E-state index is 0.107. The Morgan fingerprint density at radius 1 is 1.21 bits per heavy atom. The predicted molar refractivity (Wildman–Crippen MR) is 55.7 cm³/mol. The number of halogens is 1. The second-order valence-corrected chi connectivity index (χ2v) is 8.48. The van der Waals surface area contributed by atoms with Crippen LogP contribution < -0.4 is 0 Å². The Balaban J connectivity index is 1.63. The van der Waals surface area contributed by atoms with Crippen LogP contribution in [0.1, 0.15) is 38.5 Å². The molecule has 0 aromatic rings. The molecule has 0 aromatic heterocycles. The predicted octanol–water partition coefficient (Wildman–Crippen LogP) is 2.53. The molecule has 4 aliphatic carbocycles. The van der Waals surface area contributed by atoms with Gasteiger partial charge >= 0.3 is 0 Å². The van der Waals surface area contributed by atoms with Crippen LogP contribution in [0.25, 0.3) is 0 Å². The molecule has 2 bridgehead atoms. The maximum Gasteiger partial charge on any atom is 0.233 e. The third-order valence-electron chi connectivity index (χ3n) is 4.63. The zero-order valence-corrected chi connectivity index (χ0v) is 9.70. The fraction of sp³-hybridized carbons (Fsp3) is 1.00. The van der Waals surface area contributed by atoms with Gasteiger partial charge in [-0.2, -0.15) is 0 Å². The molecule has 0 saturated heterocycles. The molecule has 0 radical (unpaired) electrons. The summed E-state index contributed by atoms with van der Waals surface area (Å²) in [7, 11) is 2.03. The van der Waals surface area contributed by atoms with Gasteiger partial charge in [0.15, 0.2) is 0 Å². The average Bonchev–Trinajstić information content (AvgIpc) is 1.71. The van der Waals surface area contributed by atoms with E-state index >= 15 is 0 Å². The van der Waals surface area contributed by atoms with E-state index in [1.807, 2.05) is 0 Å². The summed E-state index contributed by atoms with van der Waals surface area (Å²) in [5.41, 5.74) is 0.677. The first-order chi connectivity index (χ1) is 6.43. The Morgan fingerprint density at radius 3 is 2.14 bits per heavy atom. The van der Waals surface area contributed by atoms with Crippen molar-refractivity contribution in [3.8, 4) is 0 Å². The van der Waals surface area contributed by atoms with Crippen LogP contribution in [-0.4, -0.2) is 14.2 Å². The largest absolute Gasteiger partial charge is 0.233 e. The average molecular weight is 235 g/mol. The van der Waals surface area contributed by atoms with Gasteiger partial charge in [0, 0.05) is 10.7 Å². The number of hydrogen-bond donors (Lipinski definition) is 0. The fourth-order valence-electron chi connectivity index (χ4n) is 4.06. The Bertz CT molecular complexity index is 350. The third kappa shape index (κ3) is 1.18. The van der Waals surface area contributed by atoms with E-state index in [0.29, 0.717) is 5.41 Å². The molecule has 0 atom stereocenters. The maximum atomic E-state index is 11.0. The number of rotatable bonds is 3. The van der Waals surface area contributed by atoms with Crippen LogP contribution in [0.3, 0.4) is 0 Å². The lowest BCUT2D eigenvalue weighted by atomic mass is 9.31. The van der Waals surface area contributed by atoms with Crippen molar-refractivity contribution in [1.82, 2.24) is 0 Å². The van der Waals surface area contributed by atoms with Crippen molar-refractivity contribution < 1.29 is 8.42 Å². The van der Waals surface area contributed by atoms with Crippen molar-refractivity contribution >= 4 is 19.7 Å². The highest BCUT2D eigenvalue weighted by molar-refractivity contribution is 8.13. The molecule has 4 rings (SSSR count). The molecule has 0 aliphatic heterocycles. The molecule has 0 heterocycles. The summed E-state index contributed by atoms with van der Waals surface area (Å²) in [4.78, 5) is 0. The van der Waals surface area contributed by atoms with E-state index in [1.54, 1.807) is 0 Å². The van der Waals surface area contributed by atoms with E-state index in [4.69, 9.17) is 10.7 Å². The Kier molecular flexibility index (Phi) is 1.68. The SMILES string of the molecule is O=S(=O)(Cl)CC12CC(C3CCC3)(C1)C2. The van der Waals surface area contributed by atoms with Crippen LogP contribution in [0.2, 0.25) is 0 Å². The van der Waals surface area contributed by atoms with Crippen LogP contribution in [0, 0.1) is 16.7 Å². The van der Waals surface area contributed by atoms with E-state index in [0.717, 1.165) is 25.2 Å². The van der Waals surface area contributed by atoms with Gasteiger partial charge in [-0.1, -0.05) is 6.42 Å². The van der Waals surface area contributed by atoms with Gasteiger partial charge in [0.25, 0.3) is 0 Å². The Hall–Kier alpha value is 0.240. The highest BCUT2D eigenvalue weighted by Gasteiger charge is 2.71. The Labute approximate surface area is 89.4 Å². The second-order valence-electron chi connectivity index (χ2n) is 5.70. The molecule has 0 spiro atoms. The van der Waals surface area contributed by atoms with Crippen molar-refractivity contribution in [1.29, 1.82) is 0 Å². The van der Waals surface area contributed by atoms with Crippen molar-refractivity contribution in [2.24, 2.45) is 16.7 Å². The van der Waals surface area contributed by atoms with Crippen molar-refractivity contribution in [3.63, 3.8) is 0 Å². The smallest absolute Gasteiger partial charge is 0.212 e. The second kappa shape index (κ2) is 2.49. The highest BCUT2D eigenvalue weighted by Crippen LogP contribution is 2.78. The van der Waals surface area contributed by atoms with Gasteiger partial charge in [-0.15, -0.1) is 0 Å². The van der Waals surface area contributed by atoms with Gasteiger partial charge in [0.05, 0.1) is 5.75 Å². The molecule has 14 heavy (non-hydrogen) atoms. The van der Waals surface area contributed by atoms with Gasteiger partial charge in [0.2, 0.25) is 9.05 Å². The van der Waals surface area contributed by atoms with E-state index in [-0.39, 0.29) is 11.2 Å². The zero-order chi connectivity index (χ0) is 10.0. The van der Waals surface area contributed by atoms with E-state index in [1.165, 1.54) is 19.3 Å². The molecule has 0 N–H and O–H groups in total. The summed E-state index contributed by atoms with van der Waals surface area (Å²) in [6.45, 7) is 0. The monoisotopic (exact) mass is 234 g/mol. The summed E-state index contributed by atoms with van der Waals surface area (Å²) in [5.74, 6) is 1.14. The van der Waals surface area contributed by atoms with Gasteiger partial charge in [-0.3, -0.25) is 0 Å². The van der Waals surface area contributed by atoms with Crippen LogP contribution in [0.5, 0.6) is 0 Å². The molecule has 0 amide bonds. The lowest BCUT2D eigenvalue weighted by Gasteiger charge is -2.75. The topological polar surface area (TPSA) is 34.1 Å². The van der Waals surface area contributed by atoms with Crippen molar-refractivity contribution in [3.05, 3.63) is 0 Å². The molecule has 4 saturated carbocycles. The van der Waals surface area contributed by atoms with E-state index < -0.39 is 9.05 Å². The normalized spacial score (nSPS) is 46.4. The summed E-state index contributed by atoms with van der Waals surface area (Å²) < 4.78 is 22.0. The first-order valence-corrected chi connectivity index (χ1v) is 7.83. The van der Waals surface area contributed by atoms with Gasteiger partial charge in [-0.05, 0) is 48.9 Å². The highest BCUT2D eigenvalue weighted by atomic mass is 35.7. The molecule has 2 nitrogen and oxygen atoms in total. The minimum atomic E-state index is -3.27. The molecular weight excluding hydrogens is 220 g/mol. The molecule has 0 aromatic carbocycles. The molecule has 4 aliphatic rings. The summed E-state index contributed by atoms with van der Waals surface area (Å²) in [6, 6.07) is 0. The quantitative estimate of drug-likeness (QED) is 0.704. The van der Waals surface area contributed by atoms with E-state index in [2.05, 4.69) is 0 Å². The molecule has 4 heteroatoms. The minimum Gasteiger partial charge on any atom is -0.212 e. The summed E-state index contributed by atoms with van der Waals surface area (Å²) >= 11 is 0. The molecule has 80 valence electrons. The first kappa shape index (κ1) is 9.46. The summed E-state index contributed by atoms with van der Waals surface area (Å²) in [5, 5.41) is 0. The number of hydrogen-bond acceptors (Lipinski definition) is 2. The van der Waals surface area contributed by atoms with Crippen molar-refractivity contribution in [2.75, 3.05) is 5.75 Å². The molecular formula is C10H15ClO2S. The van der Waals surface area contributed by atoms with Crippen LogP contribution >= 0.6 is 10.7 Å². The van der Waals surface area contributed by atoms with Gasteiger partial charge in [0.1, 0.15) is 0 Å². The zero-order valence-electron chi connectivity index (χ0n) is 8.13. The Morgan fingerprint density at radius 2 is 1.79 bits per heavy atom. The fourth-order valence-corrected chi connectivity index (χ4v) is 5.79. The standard InChI is InChI=1S/C10H15ClO2S/c11-14(12,13)7-9-4-10(5-9,6-9)8-2-1-3-8/h8H,1-7H2. The summed E-state index contributed by atoms with van der Waals surface area (Å²) in [6.07, 6.45) is 7.55. The van der Waals surface area contributed by atoms with E-state index in [9.17, 15) is 8.42 Å². The van der Waals surface area contributed by atoms with Gasteiger partial charge in [-0.25, -0.2) is 8.42 Å². The molecule has 0 unspecified atom stereocenters. The van der Waals surface area contributed by atoms with Crippen LogP contribution in [-0.2, 0) is 9.05 Å². The van der Waals surface area contributed by atoms with Gasteiger partial charge < -0.3 is 0 Å². The lowest BCUT2D eigenvalue weighted by molar-refractivity contribution is -0.236. The third-order valence-corrected chi connectivity index (χ3v) is 5.92. The lowest BCUT2D eigenvalue weighted by Crippen LogP contribution is -2.67. The van der Waals surface area contributed by atoms with Crippen molar-refractivity contribution in [2.45, 2.75) is 38.5 Å². The first-order valence-electron chi connectivity index (χ1n) is 5.36. The van der Waals surface area contributed by atoms with Crippen LogP contribution in [0.15, 0.2) is 0 Å². The van der Waals surface area contributed by atoms with Crippen LogP contribution in [0.4, 0.5) is 0 Å². The molecule has 4 fully saturated rings. The maximum absolute atomic E-state index is 11.0.